The molecule has 1 aromatic carbocycles. The van der Waals surface area contributed by atoms with E-state index < -0.39 is 0 Å². The zero-order chi connectivity index (χ0) is 11.8. The second-order valence-corrected chi connectivity index (χ2v) is 4.40. The van der Waals surface area contributed by atoms with E-state index in [0.717, 1.165) is 21.7 Å². The van der Waals surface area contributed by atoms with E-state index in [9.17, 15) is 0 Å². The fourth-order valence-corrected chi connectivity index (χ4v) is 2.02. The molecule has 2 heterocycles. The molecule has 0 aliphatic carbocycles. The predicted octanol–water partition coefficient (Wildman–Crippen LogP) is 2.47. The molecule has 0 saturated heterocycles. The van der Waals surface area contributed by atoms with Crippen LogP contribution in [0.3, 0.4) is 0 Å². The van der Waals surface area contributed by atoms with Crippen molar-refractivity contribution in [1.29, 1.82) is 0 Å². The number of halogens is 1. The van der Waals surface area contributed by atoms with Crippen molar-refractivity contribution >= 4 is 22.5 Å². The molecule has 0 radical (unpaired) electrons. The van der Waals surface area contributed by atoms with Crippen molar-refractivity contribution in [3.05, 3.63) is 47.6 Å². The number of fused-ring (bicyclic) bond motifs is 1. The van der Waals surface area contributed by atoms with Gasteiger partial charge in [-0.3, -0.25) is 4.68 Å². The van der Waals surface area contributed by atoms with Crippen molar-refractivity contribution < 1.29 is 0 Å². The molecule has 0 fully saturated rings. The molecule has 0 aliphatic heterocycles. The summed E-state index contributed by atoms with van der Waals surface area (Å²) in [5.41, 5.74) is 1.03. The fraction of sp³-hybridized carbons (Fsp3) is 0.167. The molecule has 4 nitrogen and oxygen atoms in total. The summed E-state index contributed by atoms with van der Waals surface area (Å²) in [6.45, 7) is 0.646. The van der Waals surface area contributed by atoms with Gasteiger partial charge in [-0.1, -0.05) is 11.6 Å². The molecule has 17 heavy (non-hydrogen) atoms. The van der Waals surface area contributed by atoms with Gasteiger partial charge in [0.25, 0.3) is 0 Å². The average Bonchev–Trinajstić information content (AvgIpc) is 2.88. The minimum Gasteiger partial charge on any atom is -0.336 e. The molecule has 3 aromatic rings. The Balaban J connectivity index is 2.06. The Morgan fingerprint density at radius 3 is 3.00 bits per heavy atom. The van der Waals surface area contributed by atoms with Gasteiger partial charge in [0.05, 0.1) is 18.3 Å². The molecular weight excluding hydrogens is 236 g/mol. The molecule has 3 rings (SSSR count). The maximum Gasteiger partial charge on any atom is 0.130 e. The molecule has 0 bridgehead atoms. The first-order valence-electron chi connectivity index (χ1n) is 5.31. The van der Waals surface area contributed by atoms with Crippen molar-refractivity contribution in [2.24, 2.45) is 7.05 Å². The normalized spacial score (nSPS) is 11.2. The second-order valence-electron chi connectivity index (χ2n) is 3.96. The van der Waals surface area contributed by atoms with Gasteiger partial charge in [0.15, 0.2) is 0 Å². The van der Waals surface area contributed by atoms with Gasteiger partial charge in [-0.2, -0.15) is 5.10 Å². The molecule has 0 N–H and O–H groups in total. The van der Waals surface area contributed by atoms with Crippen LogP contribution in [-0.2, 0) is 13.6 Å². The van der Waals surface area contributed by atoms with Crippen molar-refractivity contribution in [3.8, 4) is 0 Å². The van der Waals surface area contributed by atoms with Crippen LogP contribution in [-0.4, -0.2) is 19.3 Å². The average molecular weight is 247 g/mol. The Morgan fingerprint density at radius 1 is 1.35 bits per heavy atom. The smallest absolute Gasteiger partial charge is 0.130 e. The molecule has 0 amide bonds. The lowest BCUT2D eigenvalue weighted by molar-refractivity contribution is 0.650. The zero-order valence-electron chi connectivity index (χ0n) is 9.34. The van der Waals surface area contributed by atoms with Gasteiger partial charge in [0.1, 0.15) is 5.82 Å². The third-order valence-electron chi connectivity index (χ3n) is 2.82. The second kappa shape index (κ2) is 3.89. The van der Waals surface area contributed by atoms with E-state index in [1.165, 1.54) is 0 Å². The Bertz CT molecular complexity index is 668. The summed E-state index contributed by atoms with van der Waals surface area (Å²) >= 11 is 6.00. The maximum atomic E-state index is 6.00. The number of benzene rings is 1. The van der Waals surface area contributed by atoms with Gasteiger partial charge in [-0.05, 0) is 18.2 Å². The van der Waals surface area contributed by atoms with E-state index in [1.807, 2.05) is 46.9 Å². The monoisotopic (exact) mass is 246 g/mol. The van der Waals surface area contributed by atoms with Gasteiger partial charge in [0, 0.05) is 29.9 Å². The van der Waals surface area contributed by atoms with Crippen LogP contribution in [0.25, 0.3) is 10.9 Å². The lowest BCUT2D eigenvalue weighted by Crippen LogP contribution is -2.06. The van der Waals surface area contributed by atoms with Crippen molar-refractivity contribution in [3.63, 3.8) is 0 Å². The van der Waals surface area contributed by atoms with E-state index in [4.69, 9.17) is 11.6 Å². The number of nitrogens with zero attached hydrogens (tertiary/aromatic N) is 4. The highest BCUT2D eigenvalue weighted by atomic mass is 35.5. The molecule has 0 saturated carbocycles. The Hall–Kier alpha value is -1.81. The van der Waals surface area contributed by atoms with Crippen LogP contribution in [0.1, 0.15) is 5.82 Å². The maximum absolute atomic E-state index is 6.00. The standard InChI is InChI=1S/C12H11ClN4/c1-16-5-4-14-12(16)8-17-11-6-10(13)3-2-9(11)7-15-17/h2-7H,8H2,1H3. The minimum absolute atomic E-state index is 0.646. The lowest BCUT2D eigenvalue weighted by atomic mass is 10.2. The quantitative estimate of drug-likeness (QED) is 0.696. The van der Waals surface area contributed by atoms with Gasteiger partial charge in [-0.25, -0.2) is 4.98 Å². The van der Waals surface area contributed by atoms with E-state index in [1.54, 1.807) is 6.20 Å². The largest absolute Gasteiger partial charge is 0.336 e. The third kappa shape index (κ3) is 1.80. The van der Waals surface area contributed by atoms with E-state index >= 15 is 0 Å². The van der Waals surface area contributed by atoms with Crippen molar-refractivity contribution in [1.82, 2.24) is 19.3 Å². The van der Waals surface area contributed by atoms with Gasteiger partial charge >= 0.3 is 0 Å². The minimum atomic E-state index is 0.646. The van der Waals surface area contributed by atoms with E-state index in [-0.39, 0.29) is 0 Å². The number of aromatic nitrogens is 4. The summed E-state index contributed by atoms with van der Waals surface area (Å²) in [5.74, 6) is 0.968. The third-order valence-corrected chi connectivity index (χ3v) is 3.05. The topological polar surface area (TPSA) is 35.6 Å². The summed E-state index contributed by atoms with van der Waals surface area (Å²) < 4.78 is 3.89. The van der Waals surface area contributed by atoms with Crippen LogP contribution < -0.4 is 0 Å². The van der Waals surface area contributed by atoms with Crippen LogP contribution in [0, 0.1) is 0 Å². The molecule has 5 heteroatoms. The summed E-state index contributed by atoms with van der Waals surface area (Å²) in [7, 11) is 1.97. The highest BCUT2D eigenvalue weighted by Crippen LogP contribution is 2.19. The summed E-state index contributed by atoms with van der Waals surface area (Å²) in [4.78, 5) is 4.29. The highest BCUT2D eigenvalue weighted by molar-refractivity contribution is 6.31. The first-order valence-corrected chi connectivity index (χ1v) is 5.69. The Morgan fingerprint density at radius 2 is 2.24 bits per heavy atom. The van der Waals surface area contributed by atoms with Crippen LogP contribution in [0.5, 0.6) is 0 Å². The summed E-state index contributed by atoms with van der Waals surface area (Å²) in [5, 5.41) is 6.17. The van der Waals surface area contributed by atoms with Gasteiger partial charge < -0.3 is 4.57 Å². The Kier molecular flexibility index (Phi) is 2.37. The molecule has 0 spiro atoms. The first kappa shape index (κ1) is 10.4. The van der Waals surface area contributed by atoms with Crippen LogP contribution in [0.2, 0.25) is 5.02 Å². The molecule has 0 aliphatic rings. The fourth-order valence-electron chi connectivity index (χ4n) is 1.85. The number of imidazole rings is 1. The highest BCUT2D eigenvalue weighted by Gasteiger charge is 2.06. The number of aryl methyl sites for hydroxylation is 1. The van der Waals surface area contributed by atoms with E-state index in [0.29, 0.717) is 6.54 Å². The molecule has 0 unspecified atom stereocenters. The molecule has 2 aromatic heterocycles. The number of hydrogen-bond donors (Lipinski definition) is 0. The van der Waals surface area contributed by atoms with E-state index in [2.05, 4.69) is 10.1 Å². The zero-order valence-corrected chi connectivity index (χ0v) is 10.1. The molecular formula is C12H11ClN4. The lowest BCUT2D eigenvalue weighted by Gasteiger charge is -2.04. The summed E-state index contributed by atoms with van der Waals surface area (Å²) in [6.07, 6.45) is 5.55. The predicted molar refractivity (Wildman–Crippen MR) is 67.1 cm³/mol. The molecule has 0 atom stereocenters. The summed E-state index contributed by atoms with van der Waals surface area (Å²) in [6, 6.07) is 5.77. The van der Waals surface area contributed by atoms with Crippen molar-refractivity contribution in [2.45, 2.75) is 6.54 Å². The van der Waals surface area contributed by atoms with Crippen LogP contribution in [0.15, 0.2) is 36.8 Å². The van der Waals surface area contributed by atoms with Gasteiger partial charge in [0.2, 0.25) is 0 Å². The molecule has 86 valence electrons. The Labute approximate surface area is 103 Å². The van der Waals surface area contributed by atoms with Gasteiger partial charge in [-0.15, -0.1) is 0 Å². The van der Waals surface area contributed by atoms with Crippen LogP contribution in [0.4, 0.5) is 0 Å². The first-order chi connectivity index (χ1) is 8.24. The number of hydrogen-bond acceptors (Lipinski definition) is 2. The van der Waals surface area contributed by atoms with Crippen LogP contribution >= 0.6 is 11.6 Å². The SMILES string of the molecule is Cn1ccnc1Cn1ncc2ccc(Cl)cc21. The van der Waals surface area contributed by atoms with Crippen molar-refractivity contribution in [2.75, 3.05) is 0 Å². The number of rotatable bonds is 2.